The van der Waals surface area contributed by atoms with Crippen LogP contribution in [0.3, 0.4) is 0 Å². The van der Waals surface area contributed by atoms with Crippen LogP contribution in [0, 0.1) is 5.82 Å². The predicted molar refractivity (Wildman–Crippen MR) is 102 cm³/mol. The van der Waals surface area contributed by atoms with Gasteiger partial charge in [0.05, 0.1) is 12.7 Å². The summed E-state index contributed by atoms with van der Waals surface area (Å²) in [6.45, 7) is 3.97. The lowest BCUT2D eigenvalue weighted by Crippen LogP contribution is -2.38. The highest BCUT2D eigenvalue weighted by Gasteiger charge is 2.02. The van der Waals surface area contributed by atoms with E-state index in [0.717, 1.165) is 18.1 Å². The molecule has 0 spiro atoms. The molecule has 0 saturated heterocycles. The Morgan fingerprint density at radius 2 is 2.09 bits per heavy atom. The van der Waals surface area contributed by atoms with E-state index in [9.17, 15) is 4.39 Å². The topological polar surface area (TPSA) is 54.2 Å². The summed E-state index contributed by atoms with van der Waals surface area (Å²) in [6, 6.07) is 6.83. The second-order valence-electron chi connectivity index (χ2n) is 4.99. The summed E-state index contributed by atoms with van der Waals surface area (Å²) in [4.78, 5) is 4.50. The molecule has 126 valence electrons. The van der Waals surface area contributed by atoms with Crippen molar-refractivity contribution in [2.24, 2.45) is 12.0 Å². The van der Waals surface area contributed by atoms with E-state index >= 15 is 0 Å². The van der Waals surface area contributed by atoms with Gasteiger partial charge in [-0.2, -0.15) is 5.10 Å². The molecule has 0 aliphatic rings. The number of guanidine groups is 1. The molecule has 0 radical (unpaired) electrons. The Bertz CT molecular complexity index is 626. The van der Waals surface area contributed by atoms with Crippen molar-refractivity contribution in [3.05, 3.63) is 53.6 Å². The van der Waals surface area contributed by atoms with Crippen LogP contribution < -0.4 is 10.6 Å². The molecule has 0 saturated carbocycles. The quantitative estimate of drug-likeness (QED) is 0.420. The number of aliphatic imine (C=N–C) groups is 1. The second kappa shape index (κ2) is 10.2. The summed E-state index contributed by atoms with van der Waals surface area (Å²) in [5.41, 5.74) is 1.76. The van der Waals surface area contributed by atoms with Gasteiger partial charge in [0.2, 0.25) is 0 Å². The van der Waals surface area contributed by atoms with Gasteiger partial charge in [0.1, 0.15) is 5.82 Å². The molecule has 0 aliphatic heterocycles. The maximum atomic E-state index is 13.6. The molecule has 2 aromatic rings. The number of hydrogen-bond donors (Lipinski definition) is 2. The molecule has 5 nitrogen and oxygen atoms in total. The van der Waals surface area contributed by atoms with Crippen LogP contribution in [0.4, 0.5) is 4.39 Å². The number of nitrogens with one attached hydrogen (secondary N) is 2. The van der Waals surface area contributed by atoms with Crippen molar-refractivity contribution in [2.75, 3.05) is 13.1 Å². The summed E-state index contributed by atoms with van der Waals surface area (Å²) >= 11 is 0. The van der Waals surface area contributed by atoms with Crippen molar-refractivity contribution >= 4 is 29.9 Å². The van der Waals surface area contributed by atoms with Gasteiger partial charge < -0.3 is 10.6 Å². The van der Waals surface area contributed by atoms with Gasteiger partial charge in [-0.15, -0.1) is 24.0 Å². The Hall–Kier alpha value is -1.64. The molecule has 0 unspecified atom stereocenters. The Morgan fingerprint density at radius 3 is 2.74 bits per heavy atom. The average Bonchev–Trinajstić information content (AvgIpc) is 2.92. The third-order valence-electron chi connectivity index (χ3n) is 3.17. The van der Waals surface area contributed by atoms with E-state index in [-0.39, 0.29) is 29.8 Å². The largest absolute Gasteiger partial charge is 0.357 e. The Labute approximate surface area is 153 Å². The summed E-state index contributed by atoms with van der Waals surface area (Å²) in [5, 5.41) is 10.5. The van der Waals surface area contributed by atoms with Gasteiger partial charge in [-0.25, -0.2) is 9.38 Å². The molecule has 0 atom stereocenters. The third kappa shape index (κ3) is 6.55. The molecule has 1 aromatic carbocycles. The van der Waals surface area contributed by atoms with Crippen molar-refractivity contribution in [2.45, 2.75) is 19.9 Å². The summed E-state index contributed by atoms with van der Waals surface area (Å²) in [7, 11) is 1.88. The molecule has 0 bridgehead atoms. The molecule has 1 heterocycles. The van der Waals surface area contributed by atoms with Crippen LogP contribution in [-0.2, 0) is 20.0 Å². The van der Waals surface area contributed by atoms with Crippen molar-refractivity contribution in [1.82, 2.24) is 20.4 Å². The minimum absolute atomic E-state index is 0. The molecule has 1 aromatic heterocycles. The van der Waals surface area contributed by atoms with E-state index in [1.165, 1.54) is 6.07 Å². The third-order valence-corrected chi connectivity index (χ3v) is 3.17. The lowest BCUT2D eigenvalue weighted by atomic mass is 10.1. The van der Waals surface area contributed by atoms with Crippen LogP contribution in [0.5, 0.6) is 0 Å². The highest BCUT2D eigenvalue weighted by atomic mass is 127. The molecule has 2 rings (SSSR count). The van der Waals surface area contributed by atoms with Crippen LogP contribution in [0.1, 0.15) is 18.1 Å². The second-order valence-corrected chi connectivity index (χ2v) is 4.99. The van der Waals surface area contributed by atoms with Crippen LogP contribution in [0.15, 0.2) is 41.7 Å². The number of benzene rings is 1. The van der Waals surface area contributed by atoms with Gasteiger partial charge in [0.15, 0.2) is 5.96 Å². The number of aryl methyl sites for hydroxylation is 1. The van der Waals surface area contributed by atoms with Crippen molar-refractivity contribution < 1.29 is 4.39 Å². The molecule has 0 aliphatic carbocycles. The lowest BCUT2D eigenvalue weighted by Gasteiger charge is -2.11. The highest BCUT2D eigenvalue weighted by molar-refractivity contribution is 14.0. The maximum Gasteiger partial charge on any atom is 0.191 e. The lowest BCUT2D eigenvalue weighted by molar-refractivity contribution is 0.606. The number of rotatable bonds is 6. The van der Waals surface area contributed by atoms with Gasteiger partial charge in [0, 0.05) is 31.9 Å². The summed E-state index contributed by atoms with van der Waals surface area (Å²) in [5.74, 6) is 0.560. The molecule has 0 fully saturated rings. The molecule has 0 amide bonds. The number of aromatic nitrogens is 2. The fourth-order valence-electron chi connectivity index (χ4n) is 2.08. The van der Waals surface area contributed by atoms with E-state index in [2.05, 4.69) is 20.7 Å². The van der Waals surface area contributed by atoms with Crippen LogP contribution in [0.2, 0.25) is 0 Å². The maximum absolute atomic E-state index is 13.6. The van der Waals surface area contributed by atoms with Gasteiger partial charge in [-0.05, 0) is 25.0 Å². The number of nitrogens with zero attached hydrogens (tertiary/aromatic N) is 3. The molecular weight excluding hydrogens is 408 g/mol. The minimum Gasteiger partial charge on any atom is -0.357 e. The highest BCUT2D eigenvalue weighted by Crippen LogP contribution is 2.06. The van der Waals surface area contributed by atoms with E-state index in [4.69, 9.17) is 0 Å². The predicted octanol–water partition coefficient (Wildman–Crippen LogP) is 2.48. The fraction of sp³-hybridized carbons (Fsp3) is 0.375. The first-order valence-electron chi connectivity index (χ1n) is 7.42. The van der Waals surface area contributed by atoms with Gasteiger partial charge in [-0.3, -0.25) is 4.68 Å². The zero-order chi connectivity index (χ0) is 15.8. The standard InChI is InChI=1S/C16H22FN5.HI/c1-3-18-16(20-10-13-11-21-22(2)12-13)19-9-8-14-6-4-5-7-15(14)17;/h4-7,11-12H,3,8-10H2,1-2H3,(H2,18,19,20);1H. The first kappa shape index (κ1) is 19.4. The van der Waals surface area contributed by atoms with Gasteiger partial charge in [0.25, 0.3) is 0 Å². The fourth-order valence-corrected chi connectivity index (χ4v) is 2.08. The monoisotopic (exact) mass is 431 g/mol. The van der Waals surface area contributed by atoms with E-state index in [1.807, 2.05) is 26.2 Å². The normalized spacial score (nSPS) is 11.0. The van der Waals surface area contributed by atoms with Crippen LogP contribution in [-0.4, -0.2) is 28.8 Å². The van der Waals surface area contributed by atoms with Gasteiger partial charge >= 0.3 is 0 Å². The van der Waals surface area contributed by atoms with Crippen LogP contribution in [0.25, 0.3) is 0 Å². The molecular formula is C16H23FIN5. The molecule has 2 N–H and O–H groups in total. The SMILES string of the molecule is CCNC(=NCc1cnn(C)c1)NCCc1ccccc1F.I. The Kier molecular flexibility index (Phi) is 8.60. The summed E-state index contributed by atoms with van der Waals surface area (Å²) in [6.07, 6.45) is 4.35. The smallest absolute Gasteiger partial charge is 0.191 e. The summed E-state index contributed by atoms with van der Waals surface area (Å²) < 4.78 is 15.3. The zero-order valence-electron chi connectivity index (χ0n) is 13.4. The Morgan fingerprint density at radius 1 is 1.30 bits per heavy atom. The number of halogens is 2. The van der Waals surface area contributed by atoms with Crippen molar-refractivity contribution in [3.63, 3.8) is 0 Å². The van der Waals surface area contributed by atoms with Crippen molar-refractivity contribution in [3.8, 4) is 0 Å². The molecule has 23 heavy (non-hydrogen) atoms. The average molecular weight is 431 g/mol. The van der Waals surface area contributed by atoms with Crippen molar-refractivity contribution in [1.29, 1.82) is 0 Å². The first-order chi connectivity index (χ1) is 10.7. The first-order valence-corrected chi connectivity index (χ1v) is 7.42. The number of hydrogen-bond acceptors (Lipinski definition) is 2. The minimum atomic E-state index is -0.165. The van der Waals surface area contributed by atoms with Gasteiger partial charge in [-0.1, -0.05) is 18.2 Å². The van der Waals surface area contributed by atoms with Crippen LogP contribution >= 0.6 is 24.0 Å². The van der Waals surface area contributed by atoms with E-state index in [1.54, 1.807) is 23.0 Å². The Balaban J connectivity index is 0.00000264. The zero-order valence-corrected chi connectivity index (χ0v) is 15.8. The van der Waals surface area contributed by atoms with E-state index in [0.29, 0.717) is 25.1 Å². The molecule has 7 heteroatoms. The van der Waals surface area contributed by atoms with E-state index < -0.39 is 0 Å².